The van der Waals surface area contributed by atoms with E-state index in [0.29, 0.717) is 19.7 Å². The maximum absolute atomic E-state index is 14.9. The molecule has 8 heteroatoms. The van der Waals surface area contributed by atoms with Crippen LogP contribution in [0.4, 0.5) is 15.8 Å². The summed E-state index contributed by atoms with van der Waals surface area (Å²) in [5, 5.41) is 11.1. The van der Waals surface area contributed by atoms with Gasteiger partial charge in [-0.05, 0) is 25.0 Å². The van der Waals surface area contributed by atoms with Crippen molar-refractivity contribution in [1.29, 1.82) is 0 Å². The predicted octanol–water partition coefficient (Wildman–Crippen LogP) is 3.80. The van der Waals surface area contributed by atoms with Crippen LogP contribution in [0, 0.1) is 22.9 Å². The van der Waals surface area contributed by atoms with E-state index >= 15 is 0 Å². The molecule has 0 spiro atoms. The highest BCUT2D eigenvalue weighted by molar-refractivity contribution is 5.97. The van der Waals surface area contributed by atoms with E-state index in [2.05, 4.69) is 0 Å². The molecular formula is C20H21FN2O5. The number of nitro benzene ring substituents is 1. The van der Waals surface area contributed by atoms with Crippen molar-refractivity contribution in [1.82, 2.24) is 0 Å². The summed E-state index contributed by atoms with van der Waals surface area (Å²) in [4.78, 5) is 24.4. The molecular weight excluding hydrogens is 367 g/mol. The Bertz CT molecular complexity index is 902. The van der Waals surface area contributed by atoms with E-state index in [1.165, 1.54) is 0 Å². The molecule has 2 aromatic carbocycles. The van der Waals surface area contributed by atoms with Gasteiger partial charge in [-0.15, -0.1) is 0 Å². The summed E-state index contributed by atoms with van der Waals surface area (Å²) in [6, 6.07) is 9.64. The van der Waals surface area contributed by atoms with E-state index in [9.17, 15) is 19.3 Å². The normalized spacial score (nSPS) is 16.7. The number of esters is 1. The van der Waals surface area contributed by atoms with Gasteiger partial charge in [0.05, 0.1) is 35.5 Å². The van der Waals surface area contributed by atoms with Crippen molar-refractivity contribution >= 4 is 17.3 Å². The zero-order valence-electron chi connectivity index (χ0n) is 15.7. The van der Waals surface area contributed by atoms with E-state index in [4.69, 9.17) is 9.47 Å². The highest BCUT2D eigenvalue weighted by Crippen LogP contribution is 2.34. The van der Waals surface area contributed by atoms with Crippen LogP contribution in [0.3, 0.4) is 0 Å². The van der Waals surface area contributed by atoms with E-state index in [-0.39, 0.29) is 24.0 Å². The summed E-state index contributed by atoms with van der Waals surface area (Å²) in [6.45, 7) is 4.66. The first-order valence-electron chi connectivity index (χ1n) is 8.99. The average Bonchev–Trinajstić information content (AvgIpc) is 2.68. The van der Waals surface area contributed by atoms with E-state index in [0.717, 1.165) is 23.3 Å². The third-order valence-electron chi connectivity index (χ3n) is 4.67. The first-order valence-corrected chi connectivity index (χ1v) is 8.99. The molecule has 0 aromatic heterocycles. The maximum atomic E-state index is 14.9. The van der Waals surface area contributed by atoms with E-state index < -0.39 is 22.4 Å². The van der Waals surface area contributed by atoms with Gasteiger partial charge in [0.1, 0.15) is 6.10 Å². The minimum absolute atomic E-state index is 0.00549. The Kier molecular flexibility index (Phi) is 5.89. The van der Waals surface area contributed by atoms with E-state index in [1.54, 1.807) is 11.8 Å². The van der Waals surface area contributed by atoms with Crippen LogP contribution in [-0.2, 0) is 9.47 Å². The lowest BCUT2D eigenvalue weighted by Crippen LogP contribution is -2.40. The molecule has 0 aliphatic carbocycles. The molecule has 0 bridgehead atoms. The molecule has 1 aliphatic rings. The summed E-state index contributed by atoms with van der Waals surface area (Å²) in [5.74, 6) is -1.62. The van der Waals surface area contributed by atoms with Crippen LogP contribution in [0.2, 0.25) is 0 Å². The van der Waals surface area contributed by atoms with Gasteiger partial charge < -0.3 is 14.4 Å². The zero-order chi connectivity index (χ0) is 20.3. The number of nitro groups is 1. The number of ether oxygens (including phenoxy) is 2. The smallest absolute Gasteiger partial charge is 0.340 e. The van der Waals surface area contributed by atoms with Crippen molar-refractivity contribution in [2.45, 2.75) is 20.0 Å². The van der Waals surface area contributed by atoms with Gasteiger partial charge in [-0.3, -0.25) is 10.1 Å². The Labute approximate surface area is 161 Å². The van der Waals surface area contributed by atoms with Crippen molar-refractivity contribution in [2.24, 2.45) is 0 Å². The Morgan fingerprint density at radius 2 is 2.14 bits per heavy atom. The first-order chi connectivity index (χ1) is 13.4. The van der Waals surface area contributed by atoms with Crippen molar-refractivity contribution in [3.05, 3.63) is 69.0 Å². The molecule has 1 fully saturated rings. The molecule has 0 amide bonds. The molecule has 1 atom stereocenters. The Morgan fingerprint density at radius 1 is 1.39 bits per heavy atom. The number of benzene rings is 2. The lowest BCUT2D eigenvalue weighted by Gasteiger charge is -2.36. The van der Waals surface area contributed by atoms with Gasteiger partial charge in [0.25, 0.3) is 5.69 Å². The van der Waals surface area contributed by atoms with Crippen LogP contribution in [0.15, 0.2) is 36.4 Å². The molecule has 2 aromatic rings. The maximum Gasteiger partial charge on any atom is 0.340 e. The van der Waals surface area contributed by atoms with Crippen molar-refractivity contribution in [3.8, 4) is 0 Å². The standard InChI is InChI=1S/C20H21FN2O5/c1-3-27-20(24)16-10-14(23(25)26)11-17(21)19(16)22-8-9-28-18(12-22)15-7-5-4-6-13(15)2/h4-7,10-11,18H,3,8-9,12H2,1-2H3. The second-order valence-corrected chi connectivity index (χ2v) is 6.46. The van der Waals surface area contributed by atoms with Crippen LogP contribution in [-0.4, -0.2) is 37.2 Å². The molecule has 1 heterocycles. The number of halogens is 1. The minimum Gasteiger partial charge on any atom is -0.462 e. The topological polar surface area (TPSA) is 81.9 Å². The van der Waals surface area contributed by atoms with Gasteiger partial charge in [0.15, 0.2) is 5.82 Å². The monoisotopic (exact) mass is 388 g/mol. The van der Waals surface area contributed by atoms with Crippen LogP contribution < -0.4 is 4.90 Å². The van der Waals surface area contributed by atoms with Crippen LogP contribution in [0.1, 0.15) is 34.5 Å². The number of non-ortho nitro benzene ring substituents is 1. The Balaban J connectivity index is 2.00. The molecule has 0 radical (unpaired) electrons. The number of carbonyl (C=O) groups excluding carboxylic acids is 1. The Morgan fingerprint density at radius 3 is 2.82 bits per heavy atom. The van der Waals surface area contributed by atoms with Crippen molar-refractivity contribution in [3.63, 3.8) is 0 Å². The second kappa shape index (κ2) is 8.35. The largest absolute Gasteiger partial charge is 0.462 e. The fraction of sp³-hybridized carbons (Fsp3) is 0.350. The lowest BCUT2D eigenvalue weighted by molar-refractivity contribution is -0.385. The van der Waals surface area contributed by atoms with Gasteiger partial charge >= 0.3 is 5.97 Å². The number of rotatable bonds is 5. The van der Waals surface area contributed by atoms with Gasteiger partial charge in [-0.1, -0.05) is 24.3 Å². The quantitative estimate of drug-likeness (QED) is 0.440. The average molecular weight is 388 g/mol. The molecule has 3 rings (SSSR count). The fourth-order valence-corrected chi connectivity index (χ4v) is 3.36. The van der Waals surface area contributed by atoms with Gasteiger partial charge in [0, 0.05) is 19.2 Å². The molecule has 1 unspecified atom stereocenters. The van der Waals surface area contributed by atoms with Gasteiger partial charge in [-0.2, -0.15) is 0 Å². The predicted molar refractivity (Wildman–Crippen MR) is 101 cm³/mol. The second-order valence-electron chi connectivity index (χ2n) is 6.46. The molecule has 1 aliphatic heterocycles. The summed E-state index contributed by atoms with van der Waals surface area (Å²) >= 11 is 0. The van der Waals surface area contributed by atoms with Crippen LogP contribution >= 0.6 is 0 Å². The fourth-order valence-electron chi connectivity index (χ4n) is 3.36. The third-order valence-corrected chi connectivity index (χ3v) is 4.67. The molecule has 0 saturated carbocycles. The van der Waals surface area contributed by atoms with E-state index in [1.807, 2.05) is 31.2 Å². The highest BCUT2D eigenvalue weighted by atomic mass is 19.1. The minimum atomic E-state index is -0.831. The summed E-state index contributed by atoms with van der Waals surface area (Å²) < 4.78 is 25.7. The molecule has 7 nitrogen and oxygen atoms in total. The van der Waals surface area contributed by atoms with Crippen molar-refractivity contribution < 1.29 is 23.6 Å². The van der Waals surface area contributed by atoms with Crippen molar-refractivity contribution in [2.75, 3.05) is 31.2 Å². The first kappa shape index (κ1) is 19.8. The SMILES string of the molecule is CCOC(=O)c1cc([N+](=O)[O-])cc(F)c1N1CCOC(c2ccccc2C)C1. The van der Waals surface area contributed by atoms with Crippen LogP contribution in [0.25, 0.3) is 0 Å². The zero-order valence-corrected chi connectivity index (χ0v) is 15.7. The molecule has 148 valence electrons. The number of anilines is 1. The number of carbonyl (C=O) groups is 1. The van der Waals surface area contributed by atoms with Crippen LogP contribution in [0.5, 0.6) is 0 Å². The number of nitrogens with zero attached hydrogens (tertiary/aromatic N) is 2. The number of aryl methyl sites for hydroxylation is 1. The Hall–Kier alpha value is -3.00. The third kappa shape index (κ3) is 3.96. The van der Waals surface area contributed by atoms with Gasteiger partial charge in [0.2, 0.25) is 0 Å². The highest BCUT2D eigenvalue weighted by Gasteiger charge is 2.30. The number of morpholine rings is 1. The molecule has 1 saturated heterocycles. The number of hydrogen-bond acceptors (Lipinski definition) is 6. The molecule has 28 heavy (non-hydrogen) atoms. The van der Waals surface area contributed by atoms with Gasteiger partial charge in [-0.25, -0.2) is 9.18 Å². The number of hydrogen-bond donors (Lipinski definition) is 0. The summed E-state index contributed by atoms with van der Waals surface area (Å²) in [5.41, 5.74) is 1.38. The lowest BCUT2D eigenvalue weighted by atomic mass is 10.0. The summed E-state index contributed by atoms with van der Waals surface area (Å²) in [6.07, 6.45) is -0.306. The molecule has 0 N–H and O–H groups in total. The summed E-state index contributed by atoms with van der Waals surface area (Å²) in [7, 11) is 0.